The van der Waals surface area contributed by atoms with Gasteiger partial charge in [0, 0.05) is 53.9 Å². The van der Waals surface area contributed by atoms with Crippen LogP contribution in [-0.4, -0.2) is 51.5 Å². The van der Waals surface area contributed by atoms with Crippen molar-refractivity contribution in [3.05, 3.63) is 29.8 Å². The second-order valence-electron chi connectivity index (χ2n) is 9.45. The summed E-state index contributed by atoms with van der Waals surface area (Å²) < 4.78 is 39.4. The van der Waals surface area contributed by atoms with Gasteiger partial charge in [-0.1, -0.05) is 0 Å². The highest BCUT2D eigenvalue weighted by molar-refractivity contribution is 6.03. The van der Waals surface area contributed by atoms with Gasteiger partial charge in [-0.15, -0.1) is 0 Å². The number of anilines is 1. The number of halogens is 3. The predicted molar refractivity (Wildman–Crippen MR) is 115 cm³/mol. The Kier molecular flexibility index (Phi) is 5.68. The highest BCUT2D eigenvalue weighted by Crippen LogP contribution is 2.39. The van der Waals surface area contributed by atoms with E-state index < -0.39 is 18.3 Å². The number of nitrogens with two attached hydrogens (primary N) is 1. The summed E-state index contributed by atoms with van der Waals surface area (Å²) in [5.41, 5.74) is 8.71. The third kappa shape index (κ3) is 4.90. The number of hydrogen-bond acceptors (Lipinski definition) is 5. The minimum Gasteiger partial charge on any atom is -0.368 e. The zero-order valence-electron chi connectivity index (χ0n) is 18.5. The van der Waals surface area contributed by atoms with E-state index in [0.717, 1.165) is 23.9 Å². The Bertz CT molecular complexity index is 1010. The van der Waals surface area contributed by atoms with Crippen molar-refractivity contribution >= 4 is 11.6 Å². The van der Waals surface area contributed by atoms with Crippen LogP contribution in [0.15, 0.2) is 18.6 Å². The molecule has 1 aliphatic heterocycles. The molecule has 2 aromatic rings. The van der Waals surface area contributed by atoms with Crippen LogP contribution < -0.4 is 16.0 Å². The molecule has 2 aromatic heterocycles. The fourth-order valence-corrected chi connectivity index (χ4v) is 4.37. The molecule has 2 aliphatic rings. The topological polar surface area (TPSA) is 89.1 Å². The number of rotatable bonds is 6. The number of aryl methyl sites for hydroxylation is 1. The lowest BCUT2D eigenvalue weighted by molar-refractivity contribution is -0.142. The van der Waals surface area contributed by atoms with Gasteiger partial charge in [0.1, 0.15) is 6.54 Å². The van der Waals surface area contributed by atoms with Crippen molar-refractivity contribution in [1.82, 2.24) is 20.1 Å². The Morgan fingerprint density at radius 2 is 2.09 bits per heavy atom. The molecule has 0 spiro atoms. The molecule has 1 aliphatic carbocycles. The molecule has 3 heterocycles. The number of amides is 1. The SMILES string of the molecule is Cc1ncc(C(=O)NC(C)C2CC2)c(N2CC[C@](C)(N)C2)c1-c1cnn(CC(F)(F)F)c1. The van der Waals surface area contributed by atoms with Crippen molar-refractivity contribution in [3.63, 3.8) is 0 Å². The van der Waals surface area contributed by atoms with Crippen LogP contribution >= 0.6 is 0 Å². The van der Waals surface area contributed by atoms with Gasteiger partial charge in [-0.3, -0.25) is 14.5 Å². The van der Waals surface area contributed by atoms with E-state index in [-0.39, 0.29) is 11.9 Å². The summed E-state index contributed by atoms with van der Waals surface area (Å²) in [5.74, 6) is 0.251. The molecule has 1 saturated carbocycles. The number of nitrogens with zero attached hydrogens (tertiary/aromatic N) is 4. The lowest BCUT2D eigenvalue weighted by Crippen LogP contribution is -2.40. The van der Waals surface area contributed by atoms with Crippen molar-refractivity contribution in [3.8, 4) is 11.1 Å². The zero-order chi connectivity index (χ0) is 23.3. The first-order valence-corrected chi connectivity index (χ1v) is 10.9. The first kappa shape index (κ1) is 22.6. The van der Waals surface area contributed by atoms with Crippen molar-refractivity contribution in [2.45, 2.75) is 64.3 Å². The van der Waals surface area contributed by atoms with Crippen molar-refractivity contribution in [2.24, 2.45) is 11.7 Å². The van der Waals surface area contributed by atoms with Crippen molar-refractivity contribution < 1.29 is 18.0 Å². The molecule has 174 valence electrons. The number of hydrogen-bond donors (Lipinski definition) is 2. The van der Waals surface area contributed by atoms with Crippen LogP contribution in [0.1, 0.15) is 49.2 Å². The van der Waals surface area contributed by atoms with Gasteiger partial charge in [-0.2, -0.15) is 18.3 Å². The van der Waals surface area contributed by atoms with Crippen LogP contribution in [0, 0.1) is 12.8 Å². The molecule has 2 atom stereocenters. The fourth-order valence-electron chi connectivity index (χ4n) is 4.37. The number of carbonyl (C=O) groups excluding carboxylic acids is 1. The van der Waals surface area contributed by atoms with E-state index in [9.17, 15) is 18.0 Å². The molecule has 1 amide bonds. The second kappa shape index (κ2) is 8.06. The van der Waals surface area contributed by atoms with Crippen LogP contribution in [0.25, 0.3) is 11.1 Å². The molecule has 2 fully saturated rings. The molecule has 0 bridgehead atoms. The predicted octanol–water partition coefficient (Wildman–Crippen LogP) is 3.27. The average molecular weight is 451 g/mol. The molecule has 1 saturated heterocycles. The van der Waals surface area contributed by atoms with Crippen LogP contribution in [0.2, 0.25) is 0 Å². The minimum atomic E-state index is -4.38. The Hall–Kier alpha value is -2.62. The van der Waals surface area contributed by atoms with E-state index in [1.165, 1.54) is 12.4 Å². The Morgan fingerprint density at radius 3 is 2.69 bits per heavy atom. The summed E-state index contributed by atoms with van der Waals surface area (Å²) in [5, 5.41) is 6.97. The summed E-state index contributed by atoms with van der Waals surface area (Å²) in [4.78, 5) is 19.7. The summed E-state index contributed by atoms with van der Waals surface area (Å²) in [6, 6.07) is 0.0491. The van der Waals surface area contributed by atoms with Crippen LogP contribution in [-0.2, 0) is 6.54 Å². The lowest BCUT2D eigenvalue weighted by Gasteiger charge is -2.27. The van der Waals surface area contributed by atoms with E-state index >= 15 is 0 Å². The van der Waals surface area contributed by atoms with Gasteiger partial charge in [0.2, 0.25) is 0 Å². The maximum atomic E-state index is 13.2. The number of carbonyl (C=O) groups is 1. The highest BCUT2D eigenvalue weighted by Gasteiger charge is 2.36. The fraction of sp³-hybridized carbons (Fsp3) is 0.591. The number of pyridine rings is 1. The molecule has 10 heteroatoms. The summed E-state index contributed by atoms with van der Waals surface area (Å²) in [7, 11) is 0. The standard InChI is InChI=1S/C22H29F3N6O/c1-13(15-4-5-15)29-20(32)17-9-27-14(2)18(19(17)30-7-6-21(3,26)11-30)16-8-28-31(10-16)12-22(23,24)25/h8-10,13,15H,4-7,11-12,26H2,1-3H3,(H,29,32)/t13?,21-/m0/s1. The third-order valence-corrected chi connectivity index (χ3v) is 6.26. The number of alkyl halides is 3. The smallest absolute Gasteiger partial charge is 0.368 e. The van der Waals surface area contributed by atoms with E-state index in [1.807, 2.05) is 18.7 Å². The summed E-state index contributed by atoms with van der Waals surface area (Å²) >= 11 is 0. The van der Waals surface area contributed by atoms with E-state index in [2.05, 4.69) is 15.4 Å². The Morgan fingerprint density at radius 1 is 1.38 bits per heavy atom. The monoisotopic (exact) mass is 450 g/mol. The second-order valence-corrected chi connectivity index (χ2v) is 9.45. The van der Waals surface area contributed by atoms with Gasteiger partial charge in [-0.25, -0.2) is 0 Å². The molecular weight excluding hydrogens is 421 g/mol. The normalized spacial score (nSPS) is 22.3. The van der Waals surface area contributed by atoms with Gasteiger partial charge in [0.25, 0.3) is 5.91 Å². The van der Waals surface area contributed by atoms with Crippen molar-refractivity contribution in [1.29, 1.82) is 0 Å². The average Bonchev–Trinajstić information content (AvgIpc) is 3.34. The van der Waals surface area contributed by atoms with Gasteiger partial charge in [0.15, 0.2) is 0 Å². The summed E-state index contributed by atoms with van der Waals surface area (Å²) in [6.45, 7) is 5.71. The molecule has 0 radical (unpaired) electrons. The number of nitrogens with one attached hydrogen (secondary N) is 1. The van der Waals surface area contributed by atoms with Crippen molar-refractivity contribution in [2.75, 3.05) is 18.0 Å². The maximum absolute atomic E-state index is 13.2. The number of aromatic nitrogens is 3. The largest absolute Gasteiger partial charge is 0.408 e. The van der Waals surface area contributed by atoms with Crippen LogP contribution in [0.4, 0.5) is 18.9 Å². The quantitative estimate of drug-likeness (QED) is 0.705. The summed E-state index contributed by atoms with van der Waals surface area (Å²) in [6.07, 6.45) is 2.86. The molecule has 4 rings (SSSR count). The van der Waals surface area contributed by atoms with Crippen LogP contribution in [0.3, 0.4) is 0 Å². The van der Waals surface area contributed by atoms with Gasteiger partial charge in [-0.05, 0) is 46.0 Å². The van der Waals surface area contributed by atoms with E-state index in [1.54, 1.807) is 13.1 Å². The van der Waals surface area contributed by atoms with Gasteiger partial charge >= 0.3 is 6.18 Å². The molecule has 1 unspecified atom stereocenters. The lowest BCUT2D eigenvalue weighted by atomic mass is 10.00. The molecule has 3 N–H and O–H groups in total. The van der Waals surface area contributed by atoms with Gasteiger partial charge in [0.05, 0.1) is 17.4 Å². The first-order valence-electron chi connectivity index (χ1n) is 10.9. The molecule has 0 aromatic carbocycles. The molecule has 7 nitrogen and oxygen atoms in total. The van der Waals surface area contributed by atoms with E-state index in [0.29, 0.717) is 47.1 Å². The van der Waals surface area contributed by atoms with Crippen LogP contribution in [0.5, 0.6) is 0 Å². The zero-order valence-corrected chi connectivity index (χ0v) is 18.5. The first-order chi connectivity index (χ1) is 14.9. The van der Waals surface area contributed by atoms with Gasteiger partial charge < -0.3 is 16.0 Å². The molecular formula is C22H29F3N6O. The Balaban J connectivity index is 1.77. The molecule has 32 heavy (non-hydrogen) atoms. The third-order valence-electron chi connectivity index (χ3n) is 6.26. The Labute approximate surface area is 185 Å². The maximum Gasteiger partial charge on any atom is 0.408 e. The van der Waals surface area contributed by atoms with E-state index in [4.69, 9.17) is 5.73 Å². The highest BCUT2D eigenvalue weighted by atomic mass is 19.4. The minimum absolute atomic E-state index is 0.0491.